The fourth-order valence-electron chi connectivity index (χ4n) is 1.86. The van der Waals surface area contributed by atoms with Crippen molar-refractivity contribution in [3.63, 3.8) is 0 Å². The summed E-state index contributed by atoms with van der Waals surface area (Å²) in [6, 6.07) is 10.2. The highest BCUT2D eigenvalue weighted by Crippen LogP contribution is 2.20. The van der Waals surface area contributed by atoms with Crippen LogP contribution in [-0.4, -0.2) is 23.3 Å². The van der Waals surface area contributed by atoms with E-state index in [1.165, 1.54) is 0 Å². The number of hydrogen-bond acceptors (Lipinski definition) is 3. The number of hydrogen-bond donors (Lipinski definition) is 2. The standard InChI is InChI=1S/C17H16BrN3O2/c1-3-9-19-16(22)14-5-4-6-15(21-14)17(23)20-12-7-8-13(18)11(2)10-12/h3-8,10H,1,9H2,2H3,(H,19,22)(H,20,23). The SMILES string of the molecule is C=CCNC(=O)c1cccc(C(=O)Nc2ccc(Br)c(C)c2)n1. The van der Waals surface area contributed by atoms with E-state index in [1.807, 2.05) is 19.1 Å². The Morgan fingerprint density at radius 1 is 1.22 bits per heavy atom. The molecule has 0 aliphatic carbocycles. The van der Waals surface area contributed by atoms with Gasteiger partial charge in [0.05, 0.1) is 0 Å². The summed E-state index contributed by atoms with van der Waals surface area (Å²) in [6.07, 6.45) is 1.57. The molecule has 0 atom stereocenters. The van der Waals surface area contributed by atoms with Gasteiger partial charge in [-0.2, -0.15) is 0 Å². The normalized spacial score (nSPS) is 10.0. The van der Waals surface area contributed by atoms with Gasteiger partial charge in [0.25, 0.3) is 11.8 Å². The van der Waals surface area contributed by atoms with Crippen molar-refractivity contribution in [1.29, 1.82) is 0 Å². The van der Waals surface area contributed by atoms with E-state index >= 15 is 0 Å². The Kier molecular flexibility index (Phi) is 5.65. The van der Waals surface area contributed by atoms with Crippen molar-refractivity contribution < 1.29 is 9.59 Å². The van der Waals surface area contributed by atoms with Crippen LogP contribution in [0.15, 0.2) is 53.5 Å². The molecule has 1 heterocycles. The summed E-state index contributed by atoms with van der Waals surface area (Å²) in [6.45, 7) is 5.81. The van der Waals surface area contributed by atoms with Gasteiger partial charge in [-0.05, 0) is 42.8 Å². The smallest absolute Gasteiger partial charge is 0.274 e. The Balaban J connectivity index is 2.14. The maximum Gasteiger partial charge on any atom is 0.274 e. The van der Waals surface area contributed by atoms with Crippen molar-refractivity contribution in [3.8, 4) is 0 Å². The summed E-state index contributed by atoms with van der Waals surface area (Å²) in [4.78, 5) is 28.2. The second-order valence-electron chi connectivity index (χ2n) is 4.82. The molecule has 5 nitrogen and oxygen atoms in total. The van der Waals surface area contributed by atoms with Gasteiger partial charge in [0.2, 0.25) is 0 Å². The summed E-state index contributed by atoms with van der Waals surface area (Å²) in [5, 5.41) is 5.39. The van der Waals surface area contributed by atoms with Crippen molar-refractivity contribution in [2.75, 3.05) is 11.9 Å². The van der Waals surface area contributed by atoms with Gasteiger partial charge >= 0.3 is 0 Å². The summed E-state index contributed by atoms with van der Waals surface area (Å²) >= 11 is 3.41. The zero-order valence-corrected chi connectivity index (χ0v) is 14.2. The van der Waals surface area contributed by atoms with E-state index in [0.717, 1.165) is 10.0 Å². The minimum Gasteiger partial charge on any atom is -0.347 e. The molecule has 1 aromatic carbocycles. The number of aryl methyl sites for hydroxylation is 1. The van der Waals surface area contributed by atoms with E-state index in [0.29, 0.717) is 12.2 Å². The fraction of sp³-hybridized carbons (Fsp3) is 0.118. The van der Waals surface area contributed by atoms with Crippen LogP contribution >= 0.6 is 15.9 Å². The van der Waals surface area contributed by atoms with Crippen LogP contribution in [0.2, 0.25) is 0 Å². The molecule has 2 N–H and O–H groups in total. The van der Waals surface area contributed by atoms with E-state index in [4.69, 9.17) is 0 Å². The Morgan fingerprint density at radius 3 is 2.57 bits per heavy atom. The largest absolute Gasteiger partial charge is 0.347 e. The second-order valence-corrected chi connectivity index (χ2v) is 5.68. The number of amides is 2. The third kappa shape index (κ3) is 4.50. The van der Waals surface area contributed by atoms with Crippen LogP contribution in [0.1, 0.15) is 26.5 Å². The van der Waals surface area contributed by atoms with Crippen molar-refractivity contribution in [3.05, 3.63) is 70.5 Å². The first-order valence-electron chi connectivity index (χ1n) is 6.95. The van der Waals surface area contributed by atoms with Gasteiger partial charge in [-0.1, -0.05) is 28.1 Å². The van der Waals surface area contributed by atoms with Crippen LogP contribution in [0.25, 0.3) is 0 Å². The van der Waals surface area contributed by atoms with Gasteiger partial charge in [-0.3, -0.25) is 9.59 Å². The van der Waals surface area contributed by atoms with Crippen LogP contribution in [0, 0.1) is 6.92 Å². The van der Waals surface area contributed by atoms with Gasteiger partial charge in [0, 0.05) is 16.7 Å². The molecule has 0 fully saturated rings. The van der Waals surface area contributed by atoms with Gasteiger partial charge in [-0.25, -0.2) is 4.98 Å². The quantitative estimate of drug-likeness (QED) is 0.789. The van der Waals surface area contributed by atoms with Gasteiger partial charge in [0.1, 0.15) is 11.4 Å². The maximum absolute atomic E-state index is 12.3. The Bertz CT molecular complexity index is 759. The van der Waals surface area contributed by atoms with Crippen LogP contribution in [0.4, 0.5) is 5.69 Å². The molecule has 118 valence electrons. The van der Waals surface area contributed by atoms with Crippen molar-refractivity contribution >= 4 is 33.4 Å². The Labute approximate surface area is 142 Å². The average Bonchev–Trinajstić information content (AvgIpc) is 2.56. The molecule has 0 radical (unpaired) electrons. The number of carbonyl (C=O) groups excluding carboxylic acids is 2. The third-order valence-electron chi connectivity index (χ3n) is 3.04. The summed E-state index contributed by atoms with van der Waals surface area (Å²) in [5.74, 6) is -0.718. The Morgan fingerprint density at radius 2 is 1.91 bits per heavy atom. The van der Waals surface area contributed by atoms with Crippen molar-refractivity contribution in [2.45, 2.75) is 6.92 Å². The topological polar surface area (TPSA) is 71.1 Å². The summed E-state index contributed by atoms with van der Waals surface area (Å²) in [5.41, 5.74) is 2.04. The summed E-state index contributed by atoms with van der Waals surface area (Å²) < 4.78 is 0.967. The molecule has 0 unspecified atom stereocenters. The molecule has 0 spiro atoms. The number of halogens is 1. The molecule has 0 saturated carbocycles. The third-order valence-corrected chi connectivity index (χ3v) is 3.93. The summed E-state index contributed by atoms with van der Waals surface area (Å²) in [7, 11) is 0. The first kappa shape index (κ1) is 16.9. The van der Waals surface area contributed by atoms with Crippen LogP contribution in [-0.2, 0) is 0 Å². The molecular formula is C17H16BrN3O2. The highest BCUT2D eigenvalue weighted by Gasteiger charge is 2.12. The molecule has 1 aromatic heterocycles. The Hall–Kier alpha value is -2.47. The van der Waals surface area contributed by atoms with E-state index < -0.39 is 0 Å². The number of nitrogens with zero attached hydrogens (tertiary/aromatic N) is 1. The van der Waals surface area contributed by atoms with Crippen LogP contribution in [0.3, 0.4) is 0 Å². The van der Waals surface area contributed by atoms with E-state index in [-0.39, 0.29) is 23.2 Å². The van der Waals surface area contributed by atoms with Gasteiger partial charge < -0.3 is 10.6 Å². The molecule has 6 heteroatoms. The van der Waals surface area contributed by atoms with Gasteiger partial charge in [0.15, 0.2) is 0 Å². The molecular weight excluding hydrogens is 358 g/mol. The number of benzene rings is 1. The lowest BCUT2D eigenvalue weighted by Gasteiger charge is -2.08. The molecule has 2 amide bonds. The molecule has 2 rings (SSSR count). The first-order valence-corrected chi connectivity index (χ1v) is 7.74. The van der Waals surface area contributed by atoms with Crippen molar-refractivity contribution in [1.82, 2.24) is 10.3 Å². The number of anilines is 1. The maximum atomic E-state index is 12.3. The molecule has 0 aliphatic rings. The van der Waals surface area contributed by atoms with E-state index in [1.54, 1.807) is 30.3 Å². The van der Waals surface area contributed by atoms with E-state index in [9.17, 15) is 9.59 Å². The molecule has 0 saturated heterocycles. The highest BCUT2D eigenvalue weighted by atomic mass is 79.9. The minimum atomic E-state index is -0.370. The average molecular weight is 374 g/mol. The van der Waals surface area contributed by atoms with Crippen molar-refractivity contribution in [2.24, 2.45) is 0 Å². The lowest BCUT2D eigenvalue weighted by molar-refractivity contribution is 0.0953. The monoisotopic (exact) mass is 373 g/mol. The molecule has 23 heavy (non-hydrogen) atoms. The van der Waals surface area contributed by atoms with Crippen LogP contribution in [0.5, 0.6) is 0 Å². The molecule has 0 bridgehead atoms. The number of rotatable bonds is 5. The van der Waals surface area contributed by atoms with E-state index in [2.05, 4.69) is 38.1 Å². The zero-order valence-electron chi connectivity index (χ0n) is 12.6. The molecule has 2 aromatic rings. The van der Waals surface area contributed by atoms with Gasteiger partial charge in [-0.15, -0.1) is 6.58 Å². The predicted molar refractivity (Wildman–Crippen MR) is 93.6 cm³/mol. The minimum absolute atomic E-state index is 0.178. The fourth-order valence-corrected chi connectivity index (χ4v) is 2.11. The number of carbonyl (C=O) groups is 2. The lowest BCUT2D eigenvalue weighted by Crippen LogP contribution is -2.25. The predicted octanol–water partition coefficient (Wildman–Crippen LogP) is 3.32. The zero-order chi connectivity index (χ0) is 16.8. The first-order chi connectivity index (χ1) is 11.0. The number of aromatic nitrogens is 1. The second kappa shape index (κ2) is 7.69. The highest BCUT2D eigenvalue weighted by molar-refractivity contribution is 9.10. The number of nitrogens with one attached hydrogen (secondary N) is 2. The molecule has 0 aliphatic heterocycles. The van der Waals surface area contributed by atoms with Crippen LogP contribution < -0.4 is 10.6 Å². The number of pyridine rings is 1. The lowest BCUT2D eigenvalue weighted by atomic mass is 10.2.